The molecule has 0 N–H and O–H groups in total. The zero-order valence-electron chi connectivity index (χ0n) is 14.6. The molecular formula is C23H17N3O. The van der Waals surface area contributed by atoms with Crippen LogP contribution in [0.1, 0.15) is 5.56 Å². The predicted molar refractivity (Wildman–Crippen MR) is 107 cm³/mol. The van der Waals surface area contributed by atoms with Crippen LogP contribution in [0.4, 0.5) is 0 Å². The minimum Gasteiger partial charge on any atom is -0.489 e. The van der Waals surface area contributed by atoms with Crippen LogP contribution in [0, 0.1) is 0 Å². The van der Waals surface area contributed by atoms with E-state index in [1.165, 1.54) is 0 Å². The number of nitrogens with zero attached hydrogens (tertiary/aromatic N) is 3. The summed E-state index contributed by atoms with van der Waals surface area (Å²) in [5, 5.41) is 9.93. The first-order valence-electron chi connectivity index (χ1n) is 8.88. The third-order valence-electron chi connectivity index (χ3n) is 4.62. The first-order valence-corrected chi connectivity index (χ1v) is 8.88. The van der Waals surface area contributed by atoms with E-state index in [-0.39, 0.29) is 0 Å². The van der Waals surface area contributed by atoms with E-state index < -0.39 is 0 Å². The van der Waals surface area contributed by atoms with E-state index in [4.69, 9.17) is 4.74 Å². The van der Waals surface area contributed by atoms with Crippen LogP contribution in [-0.4, -0.2) is 14.6 Å². The third-order valence-corrected chi connectivity index (χ3v) is 4.62. The van der Waals surface area contributed by atoms with Crippen molar-refractivity contribution in [2.24, 2.45) is 0 Å². The van der Waals surface area contributed by atoms with Gasteiger partial charge in [-0.25, -0.2) is 0 Å². The number of pyridine rings is 1. The van der Waals surface area contributed by atoms with E-state index in [2.05, 4.69) is 44.9 Å². The summed E-state index contributed by atoms with van der Waals surface area (Å²) in [5.74, 6) is 1.63. The monoisotopic (exact) mass is 351 g/mol. The lowest BCUT2D eigenvalue weighted by Gasteiger charge is -2.09. The molecule has 0 spiro atoms. The van der Waals surface area contributed by atoms with Crippen molar-refractivity contribution < 1.29 is 4.74 Å². The molecule has 27 heavy (non-hydrogen) atoms. The molecule has 0 bridgehead atoms. The highest BCUT2D eigenvalue weighted by Crippen LogP contribution is 2.26. The van der Waals surface area contributed by atoms with Gasteiger partial charge >= 0.3 is 0 Å². The van der Waals surface area contributed by atoms with Crippen LogP contribution >= 0.6 is 0 Å². The Morgan fingerprint density at radius 2 is 1.59 bits per heavy atom. The molecule has 0 saturated carbocycles. The van der Waals surface area contributed by atoms with Crippen LogP contribution < -0.4 is 4.74 Å². The van der Waals surface area contributed by atoms with Gasteiger partial charge in [0.2, 0.25) is 0 Å². The van der Waals surface area contributed by atoms with Crippen molar-refractivity contribution >= 4 is 16.6 Å². The van der Waals surface area contributed by atoms with Gasteiger partial charge in [0.25, 0.3) is 0 Å². The van der Waals surface area contributed by atoms with Crippen LogP contribution in [0.5, 0.6) is 5.75 Å². The molecule has 5 rings (SSSR count). The first-order chi connectivity index (χ1) is 13.4. The second-order valence-electron chi connectivity index (χ2n) is 6.41. The molecule has 0 unspecified atom stereocenters. The zero-order chi connectivity index (χ0) is 18.1. The maximum atomic E-state index is 5.97. The minimum absolute atomic E-state index is 0.536. The van der Waals surface area contributed by atoms with Crippen molar-refractivity contribution in [3.63, 3.8) is 0 Å². The van der Waals surface area contributed by atoms with Gasteiger partial charge in [-0.15, -0.1) is 10.2 Å². The molecule has 2 aromatic heterocycles. The predicted octanol–water partition coefficient (Wildman–Crippen LogP) is 5.13. The summed E-state index contributed by atoms with van der Waals surface area (Å²) >= 11 is 0. The molecule has 2 heterocycles. The van der Waals surface area contributed by atoms with Gasteiger partial charge in [0.15, 0.2) is 11.5 Å². The molecule has 3 aromatic carbocycles. The number of ether oxygens (including phenoxy) is 1. The first kappa shape index (κ1) is 15.6. The molecule has 4 heteroatoms. The van der Waals surface area contributed by atoms with Gasteiger partial charge in [0.1, 0.15) is 12.4 Å². The van der Waals surface area contributed by atoms with E-state index in [0.29, 0.717) is 6.61 Å². The number of para-hydroxylation sites is 1. The van der Waals surface area contributed by atoms with Crippen molar-refractivity contribution in [3.8, 4) is 17.1 Å². The van der Waals surface area contributed by atoms with Crippen molar-refractivity contribution in [2.75, 3.05) is 0 Å². The highest BCUT2D eigenvalue weighted by atomic mass is 16.5. The van der Waals surface area contributed by atoms with Gasteiger partial charge < -0.3 is 4.74 Å². The summed E-state index contributed by atoms with van der Waals surface area (Å²) in [6, 6.07) is 30.5. The Morgan fingerprint density at radius 3 is 2.52 bits per heavy atom. The number of benzene rings is 3. The van der Waals surface area contributed by atoms with E-state index in [0.717, 1.165) is 39.3 Å². The Hall–Kier alpha value is -3.66. The van der Waals surface area contributed by atoms with Crippen molar-refractivity contribution in [1.29, 1.82) is 0 Å². The van der Waals surface area contributed by atoms with Crippen LogP contribution in [0.3, 0.4) is 0 Å². The molecule has 0 aliphatic rings. The Morgan fingerprint density at radius 1 is 0.741 bits per heavy atom. The quantitative estimate of drug-likeness (QED) is 0.451. The van der Waals surface area contributed by atoms with Crippen molar-refractivity contribution in [1.82, 2.24) is 14.6 Å². The molecule has 0 radical (unpaired) electrons. The van der Waals surface area contributed by atoms with Gasteiger partial charge in [-0.05, 0) is 41.3 Å². The van der Waals surface area contributed by atoms with Crippen LogP contribution in [0.2, 0.25) is 0 Å². The summed E-state index contributed by atoms with van der Waals surface area (Å²) in [6.45, 7) is 0.536. The number of hydrogen-bond donors (Lipinski definition) is 0. The fourth-order valence-electron chi connectivity index (χ4n) is 3.29. The Labute approximate surface area is 156 Å². The summed E-state index contributed by atoms with van der Waals surface area (Å²) < 4.78 is 8.06. The van der Waals surface area contributed by atoms with E-state index in [1.54, 1.807) is 0 Å². The average Bonchev–Trinajstić information content (AvgIpc) is 3.18. The average molecular weight is 351 g/mol. The maximum absolute atomic E-state index is 5.97. The molecule has 0 aliphatic heterocycles. The molecular weight excluding hydrogens is 334 g/mol. The molecule has 0 atom stereocenters. The molecule has 5 aromatic rings. The second kappa shape index (κ2) is 6.57. The van der Waals surface area contributed by atoms with Crippen LogP contribution in [-0.2, 0) is 6.61 Å². The van der Waals surface area contributed by atoms with E-state index >= 15 is 0 Å². The number of fused-ring (bicyclic) bond motifs is 3. The van der Waals surface area contributed by atoms with E-state index in [1.807, 2.05) is 60.7 Å². The lowest BCUT2D eigenvalue weighted by atomic mass is 10.1. The van der Waals surface area contributed by atoms with Gasteiger partial charge in [0, 0.05) is 5.56 Å². The van der Waals surface area contributed by atoms with Gasteiger partial charge in [-0.2, -0.15) is 0 Å². The topological polar surface area (TPSA) is 39.4 Å². The number of rotatable bonds is 4. The fraction of sp³-hybridized carbons (Fsp3) is 0.0435. The van der Waals surface area contributed by atoms with Gasteiger partial charge in [-0.3, -0.25) is 4.40 Å². The molecule has 0 saturated heterocycles. The normalized spacial score (nSPS) is 11.1. The highest BCUT2D eigenvalue weighted by molar-refractivity contribution is 5.84. The lowest BCUT2D eigenvalue weighted by molar-refractivity contribution is 0.306. The van der Waals surface area contributed by atoms with E-state index in [9.17, 15) is 0 Å². The molecule has 0 aliphatic carbocycles. The van der Waals surface area contributed by atoms with Crippen LogP contribution in [0.25, 0.3) is 27.9 Å². The summed E-state index contributed by atoms with van der Waals surface area (Å²) in [7, 11) is 0. The van der Waals surface area contributed by atoms with Crippen molar-refractivity contribution in [2.45, 2.75) is 6.61 Å². The third kappa shape index (κ3) is 2.91. The number of aromatic nitrogens is 3. The molecule has 130 valence electrons. The second-order valence-corrected chi connectivity index (χ2v) is 6.41. The zero-order valence-corrected chi connectivity index (χ0v) is 14.6. The van der Waals surface area contributed by atoms with Crippen LogP contribution in [0.15, 0.2) is 91.0 Å². The lowest BCUT2D eigenvalue weighted by Crippen LogP contribution is -1.96. The van der Waals surface area contributed by atoms with Crippen molar-refractivity contribution in [3.05, 3.63) is 96.6 Å². The highest BCUT2D eigenvalue weighted by Gasteiger charge is 2.11. The Kier molecular flexibility index (Phi) is 3.79. The van der Waals surface area contributed by atoms with Gasteiger partial charge in [0.05, 0.1) is 5.52 Å². The largest absolute Gasteiger partial charge is 0.489 e. The summed E-state index contributed by atoms with van der Waals surface area (Å²) in [5.41, 5.74) is 4.04. The fourth-order valence-corrected chi connectivity index (χ4v) is 3.29. The van der Waals surface area contributed by atoms with Gasteiger partial charge in [-0.1, -0.05) is 60.7 Å². The standard InChI is InChI=1S/C23H17N3O/c1-2-7-17(8-3-1)16-27-20-11-6-10-19(15-20)23-25-24-22-14-13-18-9-4-5-12-21(18)26(22)23/h1-15H,16H2. The summed E-state index contributed by atoms with van der Waals surface area (Å²) in [6.07, 6.45) is 0. The number of hydrogen-bond acceptors (Lipinski definition) is 3. The molecule has 4 nitrogen and oxygen atoms in total. The summed E-state index contributed by atoms with van der Waals surface area (Å²) in [4.78, 5) is 0. The smallest absolute Gasteiger partial charge is 0.168 e. The molecule has 0 amide bonds. The minimum atomic E-state index is 0.536. The SMILES string of the molecule is c1ccc(COc2cccc(-c3nnc4ccc5ccccc5n34)c2)cc1. The molecule has 0 fully saturated rings. The Balaban J connectivity index is 1.54. The Bertz CT molecular complexity index is 1230. The maximum Gasteiger partial charge on any atom is 0.168 e.